The molecular weight excluding hydrogens is 455 g/mol. The lowest BCUT2D eigenvalue weighted by atomic mass is 9.81. The molecule has 0 unspecified atom stereocenters. The lowest BCUT2D eigenvalue weighted by Crippen LogP contribution is -2.50. The Hall–Kier alpha value is -3.52. The van der Waals surface area contributed by atoms with Crippen molar-refractivity contribution in [2.45, 2.75) is 37.8 Å². The normalized spacial score (nSPS) is 19.2. The fourth-order valence-corrected chi connectivity index (χ4v) is 5.57. The number of aromatic nitrogens is 5. The predicted molar refractivity (Wildman–Crippen MR) is 125 cm³/mol. The molecule has 2 aliphatic rings. The van der Waals surface area contributed by atoms with Gasteiger partial charge in [-0.2, -0.15) is 5.10 Å². The summed E-state index contributed by atoms with van der Waals surface area (Å²) >= 11 is 6.26. The molecule has 0 spiro atoms. The van der Waals surface area contributed by atoms with Gasteiger partial charge in [0, 0.05) is 29.2 Å². The first kappa shape index (κ1) is 21.0. The van der Waals surface area contributed by atoms with Gasteiger partial charge in [-0.05, 0) is 49.9 Å². The van der Waals surface area contributed by atoms with Crippen LogP contribution in [-0.4, -0.2) is 41.4 Å². The van der Waals surface area contributed by atoms with E-state index in [1.54, 1.807) is 18.2 Å². The van der Waals surface area contributed by atoms with E-state index in [0.29, 0.717) is 11.4 Å². The maximum absolute atomic E-state index is 14.2. The molecule has 2 aromatic carbocycles. The summed E-state index contributed by atoms with van der Waals surface area (Å²) < 4.78 is 17.4. The van der Waals surface area contributed by atoms with E-state index in [4.69, 9.17) is 16.7 Å². The predicted octanol–water partition coefficient (Wildman–Crippen LogP) is 4.75. The fourth-order valence-electron chi connectivity index (χ4n) is 5.38. The topological polar surface area (TPSA) is 68.8 Å². The molecular formula is C25H22ClFN6O. The van der Waals surface area contributed by atoms with E-state index in [2.05, 4.69) is 10.1 Å². The third-order valence-corrected chi connectivity index (χ3v) is 7.03. The molecule has 0 saturated carbocycles. The Morgan fingerprint density at radius 1 is 1.12 bits per heavy atom. The third-order valence-electron chi connectivity index (χ3n) is 6.79. The zero-order valence-corrected chi connectivity index (χ0v) is 19.3. The number of nitrogens with zero attached hydrogens (tertiary/aromatic N) is 6. The van der Waals surface area contributed by atoms with Crippen LogP contribution in [-0.2, 0) is 13.5 Å². The quantitative estimate of drug-likeness (QED) is 0.428. The van der Waals surface area contributed by atoms with Crippen molar-refractivity contribution in [2.24, 2.45) is 7.05 Å². The number of carbonyl (C=O) groups excluding carboxylic acids is 1. The van der Waals surface area contributed by atoms with Gasteiger partial charge in [0.15, 0.2) is 0 Å². The monoisotopic (exact) mass is 476 g/mol. The van der Waals surface area contributed by atoms with Crippen LogP contribution in [0.1, 0.15) is 47.2 Å². The first-order valence-electron chi connectivity index (χ1n) is 11.3. The molecule has 7 nitrogen and oxygen atoms in total. The molecule has 1 saturated heterocycles. The van der Waals surface area contributed by atoms with Crippen molar-refractivity contribution in [1.29, 1.82) is 0 Å². The molecule has 2 bridgehead atoms. The molecule has 2 aromatic heterocycles. The van der Waals surface area contributed by atoms with Gasteiger partial charge in [-0.1, -0.05) is 35.9 Å². The zero-order valence-electron chi connectivity index (χ0n) is 18.5. The van der Waals surface area contributed by atoms with Crippen LogP contribution in [0.15, 0.2) is 54.9 Å². The van der Waals surface area contributed by atoms with Gasteiger partial charge < -0.3 is 4.90 Å². The molecule has 6 rings (SSSR count). The Morgan fingerprint density at radius 3 is 2.79 bits per heavy atom. The summed E-state index contributed by atoms with van der Waals surface area (Å²) in [6, 6.07) is 14.0. The van der Waals surface area contributed by atoms with Gasteiger partial charge in [0.05, 0.1) is 17.4 Å². The molecule has 34 heavy (non-hydrogen) atoms. The SMILES string of the molecule is Cn1nc2c(c1-c1cccc(Cl)c1)C[C@H]1CCC[C@@H]2N1C(=O)c1ncn(-c2ccccc2F)n1. The third kappa shape index (κ3) is 3.32. The molecule has 4 aromatic rings. The van der Waals surface area contributed by atoms with Crippen LogP contribution >= 0.6 is 11.6 Å². The Kier molecular flexibility index (Phi) is 4.99. The number of amides is 1. The highest BCUT2D eigenvalue weighted by Gasteiger charge is 2.44. The van der Waals surface area contributed by atoms with Crippen LogP contribution in [0.2, 0.25) is 5.02 Å². The number of aryl methyl sites for hydroxylation is 1. The Bertz CT molecular complexity index is 1410. The van der Waals surface area contributed by atoms with Crippen LogP contribution in [0.25, 0.3) is 16.9 Å². The lowest BCUT2D eigenvalue weighted by Gasteiger charge is -2.44. The summed E-state index contributed by atoms with van der Waals surface area (Å²) in [5.74, 6) is -0.604. The molecule has 172 valence electrons. The summed E-state index contributed by atoms with van der Waals surface area (Å²) in [5, 5.41) is 9.84. The van der Waals surface area contributed by atoms with Crippen molar-refractivity contribution >= 4 is 17.5 Å². The minimum atomic E-state index is -0.423. The summed E-state index contributed by atoms with van der Waals surface area (Å²) in [4.78, 5) is 19.7. The maximum Gasteiger partial charge on any atom is 0.294 e. The highest BCUT2D eigenvalue weighted by Crippen LogP contribution is 2.45. The number of para-hydroxylation sites is 1. The summed E-state index contributed by atoms with van der Waals surface area (Å²) in [7, 11) is 1.93. The van der Waals surface area contributed by atoms with E-state index in [-0.39, 0.29) is 29.5 Å². The number of halogens is 2. The van der Waals surface area contributed by atoms with E-state index in [1.165, 1.54) is 22.6 Å². The first-order chi connectivity index (χ1) is 16.5. The van der Waals surface area contributed by atoms with Crippen LogP contribution in [0, 0.1) is 5.82 Å². The fraction of sp³-hybridized carbons (Fsp3) is 0.280. The van der Waals surface area contributed by atoms with Crippen LogP contribution < -0.4 is 0 Å². The first-order valence-corrected chi connectivity index (χ1v) is 11.7. The zero-order chi connectivity index (χ0) is 23.4. The molecule has 2 aliphatic heterocycles. The smallest absolute Gasteiger partial charge is 0.294 e. The second kappa shape index (κ2) is 8.06. The minimum Gasteiger partial charge on any atom is -0.324 e. The second-order valence-electron chi connectivity index (χ2n) is 8.83. The second-order valence-corrected chi connectivity index (χ2v) is 9.26. The van der Waals surface area contributed by atoms with Crippen LogP contribution in [0.3, 0.4) is 0 Å². The number of hydrogen-bond acceptors (Lipinski definition) is 4. The maximum atomic E-state index is 14.2. The van der Waals surface area contributed by atoms with Crippen LogP contribution in [0.4, 0.5) is 4.39 Å². The Balaban J connectivity index is 1.37. The van der Waals surface area contributed by atoms with E-state index in [1.807, 2.05) is 40.9 Å². The number of fused-ring (bicyclic) bond motifs is 4. The van der Waals surface area contributed by atoms with Crippen molar-refractivity contribution in [2.75, 3.05) is 0 Å². The van der Waals surface area contributed by atoms with E-state index >= 15 is 0 Å². The van der Waals surface area contributed by atoms with Crippen molar-refractivity contribution in [3.63, 3.8) is 0 Å². The van der Waals surface area contributed by atoms with Crippen molar-refractivity contribution in [3.05, 3.63) is 82.8 Å². The van der Waals surface area contributed by atoms with Gasteiger partial charge in [0.25, 0.3) is 5.91 Å². The van der Waals surface area contributed by atoms with Crippen molar-refractivity contribution < 1.29 is 9.18 Å². The Labute approximate surface area is 200 Å². The molecule has 1 fully saturated rings. The molecule has 0 radical (unpaired) electrons. The molecule has 0 N–H and O–H groups in total. The highest BCUT2D eigenvalue weighted by atomic mass is 35.5. The average Bonchev–Trinajstić information content (AvgIpc) is 3.43. The average molecular weight is 477 g/mol. The van der Waals surface area contributed by atoms with Gasteiger partial charge >= 0.3 is 0 Å². The largest absolute Gasteiger partial charge is 0.324 e. The summed E-state index contributed by atoms with van der Waals surface area (Å²) in [6.07, 6.45) is 4.85. The molecule has 2 atom stereocenters. The molecule has 4 heterocycles. The molecule has 1 amide bonds. The van der Waals surface area contributed by atoms with Gasteiger partial charge in [0.1, 0.15) is 17.8 Å². The molecule has 0 aliphatic carbocycles. The standard InChI is InChI=1S/C25H22ClFN6O/c1-31-23(15-6-4-7-16(26)12-15)18-13-17-8-5-11-21(22(18)29-31)33(17)25(34)24-28-14-32(30-24)20-10-3-2-9-19(20)27/h2-4,6-7,9-10,12,14,17,21H,5,8,11,13H2,1H3/t17-,21+/m1/s1. The minimum absolute atomic E-state index is 0.0290. The number of benzene rings is 2. The van der Waals surface area contributed by atoms with E-state index < -0.39 is 5.82 Å². The van der Waals surface area contributed by atoms with Crippen molar-refractivity contribution in [1.82, 2.24) is 29.4 Å². The van der Waals surface area contributed by atoms with Crippen molar-refractivity contribution in [3.8, 4) is 16.9 Å². The number of rotatable bonds is 3. The van der Waals surface area contributed by atoms with Gasteiger partial charge in [-0.15, -0.1) is 5.10 Å². The highest BCUT2D eigenvalue weighted by molar-refractivity contribution is 6.30. The summed E-state index contributed by atoms with van der Waals surface area (Å²) in [5.41, 5.74) is 4.42. The summed E-state index contributed by atoms with van der Waals surface area (Å²) in [6.45, 7) is 0. The number of piperidine rings is 1. The van der Waals surface area contributed by atoms with Crippen LogP contribution in [0.5, 0.6) is 0 Å². The Morgan fingerprint density at radius 2 is 1.97 bits per heavy atom. The van der Waals surface area contributed by atoms with Gasteiger partial charge in [-0.25, -0.2) is 14.1 Å². The van der Waals surface area contributed by atoms with E-state index in [9.17, 15) is 9.18 Å². The number of hydrogen-bond donors (Lipinski definition) is 0. The van der Waals surface area contributed by atoms with Gasteiger partial charge in [-0.3, -0.25) is 9.48 Å². The van der Waals surface area contributed by atoms with E-state index in [0.717, 1.165) is 36.2 Å². The lowest BCUT2D eigenvalue weighted by molar-refractivity contribution is 0.0379. The molecule has 9 heteroatoms. The number of carbonyl (C=O) groups is 1. The van der Waals surface area contributed by atoms with Gasteiger partial charge in [0.2, 0.25) is 5.82 Å².